The molecule has 180 valence electrons. The zero-order valence-electron chi connectivity index (χ0n) is 18.4. The number of hydrogen-bond acceptors (Lipinski definition) is 5. The Hall–Kier alpha value is -2.66. The molecule has 1 aromatic rings. The van der Waals surface area contributed by atoms with Crippen molar-refractivity contribution >= 4 is 17.7 Å². The molecule has 0 spiro atoms. The van der Waals surface area contributed by atoms with Crippen LogP contribution >= 0.6 is 0 Å². The Balaban J connectivity index is 3.31. The van der Waals surface area contributed by atoms with Gasteiger partial charge in [0, 0.05) is 7.05 Å². The van der Waals surface area contributed by atoms with E-state index >= 15 is 0 Å². The third-order valence-electron chi connectivity index (χ3n) is 5.16. The zero-order valence-corrected chi connectivity index (χ0v) is 18.4. The summed E-state index contributed by atoms with van der Waals surface area (Å²) in [4.78, 5) is 37.1. The van der Waals surface area contributed by atoms with Crippen molar-refractivity contribution in [1.82, 2.24) is 16.1 Å². The third kappa shape index (κ3) is 6.42. The number of amides is 3. The highest BCUT2D eigenvalue weighted by molar-refractivity contribution is 5.95. The summed E-state index contributed by atoms with van der Waals surface area (Å²) >= 11 is 0. The van der Waals surface area contributed by atoms with Crippen molar-refractivity contribution in [2.45, 2.75) is 57.9 Å². The van der Waals surface area contributed by atoms with Crippen LogP contribution in [0.3, 0.4) is 0 Å². The number of alkyl halides is 3. The van der Waals surface area contributed by atoms with Gasteiger partial charge < -0.3 is 15.7 Å². The summed E-state index contributed by atoms with van der Waals surface area (Å²) in [6, 6.07) is 7.48. The van der Waals surface area contributed by atoms with E-state index in [0.29, 0.717) is 0 Å². The number of benzene rings is 1. The van der Waals surface area contributed by atoms with Crippen molar-refractivity contribution in [3.05, 3.63) is 35.9 Å². The van der Waals surface area contributed by atoms with Gasteiger partial charge >= 0.3 is 6.18 Å². The fourth-order valence-electron chi connectivity index (χ4n) is 3.32. The van der Waals surface area contributed by atoms with Crippen LogP contribution in [0.25, 0.3) is 0 Å². The van der Waals surface area contributed by atoms with Gasteiger partial charge in [-0.05, 0) is 30.2 Å². The molecule has 3 amide bonds. The molecule has 0 unspecified atom stereocenters. The number of aliphatic hydroxyl groups is 1. The van der Waals surface area contributed by atoms with Gasteiger partial charge in [0.1, 0.15) is 6.04 Å². The van der Waals surface area contributed by atoms with Gasteiger partial charge in [0.25, 0.3) is 11.5 Å². The molecule has 3 atom stereocenters. The topological polar surface area (TPSA) is 128 Å². The average molecular weight is 461 g/mol. The summed E-state index contributed by atoms with van der Waals surface area (Å²) < 4.78 is 41.5. The highest BCUT2D eigenvalue weighted by atomic mass is 19.4. The summed E-state index contributed by atoms with van der Waals surface area (Å²) in [6.07, 6.45) is -5.84. The Morgan fingerprint density at radius 2 is 1.59 bits per heavy atom. The fraction of sp³-hybridized carbons (Fsp3) is 0.571. The first-order chi connectivity index (χ1) is 14.7. The van der Waals surface area contributed by atoms with E-state index in [4.69, 9.17) is 5.21 Å². The molecule has 0 radical (unpaired) electrons. The van der Waals surface area contributed by atoms with Crippen molar-refractivity contribution in [3.63, 3.8) is 0 Å². The maximum atomic E-state index is 13.8. The second kappa shape index (κ2) is 10.8. The van der Waals surface area contributed by atoms with E-state index in [9.17, 15) is 32.7 Å². The Morgan fingerprint density at radius 3 is 2.03 bits per heavy atom. The third-order valence-corrected chi connectivity index (χ3v) is 5.16. The van der Waals surface area contributed by atoms with Gasteiger partial charge in [-0.3, -0.25) is 19.6 Å². The lowest BCUT2D eigenvalue weighted by atomic mass is 9.79. The zero-order chi connectivity index (χ0) is 24.7. The van der Waals surface area contributed by atoms with Crippen LogP contribution in [0.2, 0.25) is 0 Å². The number of rotatable bonds is 9. The van der Waals surface area contributed by atoms with E-state index in [-0.39, 0.29) is 12.8 Å². The molecule has 0 bridgehead atoms. The minimum absolute atomic E-state index is 0.0133. The lowest BCUT2D eigenvalue weighted by Crippen LogP contribution is -2.65. The summed E-state index contributed by atoms with van der Waals surface area (Å²) in [5, 5.41) is 23.8. The second-order valence-electron chi connectivity index (χ2n) is 8.56. The molecular formula is C21H30F3N3O5. The van der Waals surface area contributed by atoms with Crippen molar-refractivity contribution in [1.29, 1.82) is 0 Å². The molecule has 0 aliphatic rings. The SMILES string of the molecule is CNC(=O)[C@@H](NC(=O)[C@H](CCCc1ccccc1)[C@](O)(C(=O)NO)C(F)(F)F)C(C)(C)C. The van der Waals surface area contributed by atoms with E-state index in [1.165, 1.54) is 7.05 Å². The predicted octanol–water partition coefficient (Wildman–Crippen LogP) is 1.70. The molecule has 0 saturated heterocycles. The summed E-state index contributed by atoms with van der Waals surface area (Å²) in [7, 11) is 1.30. The van der Waals surface area contributed by atoms with Gasteiger partial charge in [-0.1, -0.05) is 51.1 Å². The summed E-state index contributed by atoms with van der Waals surface area (Å²) in [5.74, 6) is -6.51. The number of hydrogen-bond donors (Lipinski definition) is 5. The van der Waals surface area contributed by atoms with Crippen molar-refractivity contribution in [3.8, 4) is 0 Å². The largest absolute Gasteiger partial charge is 0.427 e. The molecule has 11 heteroatoms. The van der Waals surface area contributed by atoms with Gasteiger partial charge in [0.15, 0.2) is 0 Å². The fourth-order valence-corrected chi connectivity index (χ4v) is 3.32. The summed E-state index contributed by atoms with van der Waals surface area (Å²) in [5.41, 5.74) is -3.51. The molecule has 0 aromatic heterocycles. The number of likely N-dealkylation sites (N-methyl/N-ethyl adjacent to an activating group) is 1. The summed E-state index contributed by atoms with van der Waals surface area (Å²) in [6.45, 7) is 4.77. The van der Waals surface area contributed by atoms with E-state index in [0.717, 1.165) is 11.0 Å². The molecule has 0 saturated carbocycles. The van der Waals surface area contributed by atoms with E-state index < -0.39 is 53.3 Å². The van der Waals surface area contributed by atoms with Crippen LogP contribution < -0.4 is 16.1 Å². The Morgan fingerprint density at radius 1 is 1.03 bits per heavy atom. The Bertz CT molecular complexity index is 796. The van der Waals surface area contributed by atoms with Crippen LogP contribution in [0.4, 0.5) is 13.2 Å². The molecular weight excluding hydrogens is 431 g/mol. The number of nitrogens with one attached hydrogen (secondary N) is 3. The molecule has 0 heterocycles. The van der Waals surface area contributed by atoms with Crippen LogP contribution in [0, 0.1) is 11.3 Å². The number of carbonyl (C=O) groups is 3. The first-order valence-electron chi connectivity index (χ1n) is 9.99. The van der Waals surface area contributed by atoms with Crippen molar-refractivity contribution < 1.29 is 37.9 Å². The van der Waals surface area contributed by atoms with Crippen molar-refractivity contribution in [2.24, 2.45) is 11.3 Å². The molecule has 0 aliphatic carbocycles. The van der Waals surface area contributed by atoms with Crippen molar-refractivity contribution in [2.75, 3.05) is 7.05 Å². The molecule has 32 heavy (non-hydrogen) atoms. The lowest BCUT2D eigenvalue weighted by molar-refractivity contribution is -0.269. The number of halogens is 3. The highest BCUT2D eigenvalue weighted by Gasteiger charge is 2.66. The first-order valence-corrected chi connectivity index (χ1v) is 9.99. The second-order valence-corrected chi connectivity index (χ2v) is 8.56. The van der Waals surface area contributed by atoms with Gasteiger partial charge in [-0.25, -0.2) is 5.48 Å². The number of hydroxylamine groups is 1. The first kappa shape index (κ1) is 27.4. The normalized spacial score (nSPS) is 15.8. The van der Waals surface area contributed by atoms with Gasteiger partial charge in [0.05, 0.1) is 5.92 Å². The van der Waals surface area contributed by atoms with Crippen LogP contribution in [0.15, 0.2) is 30.3 Å². The number of carbonyl (C=O) groups excluding carboxylic acids is 3. The maximum absolute atomic E-state index is 13.8. The molecule has 5 N–H and O–H groups in total. The lowest BCUT2D eigenvalue weighted by Gasteiger charge is -2.37. The monoisotopic (exact) mass is 461 g/mol. The molecule has 1 rings (SSSR count). The maximum Gasteiger partial charge on any atom is 0.427 e. The minimum Gasteiger partial charge on any atom is -0.372 e. The standard InChI is InChI=1S/C21H30F3N3O5/c1-19(2,3)15(17(29)25-4)26-16(28)14(12-8-11-13-9-6-5-7-10-13)20(31,18(30)27-32)21(22,23)24/h5-7,9-10,14-15,31-32H,8,11-12H2,1-4H3,(H,25,29)(H,26,28)(H,27,30)/t14-,15+,20-/m0/s1. The van der Waals surface area contributed by atoms with Crippen LogP contribution in [0.5, 0.6) is 0 Å². The van der Waals surface area contributed by atoms with Crippen LogP contribution in [-0.4, -0.2) is 52.9 Å². The Labute approximate surface area is 184 Å². The quantitative estimate of drug-likeness (QED) is 0.283. The number of aryl methyl sites for hydroxylation is 1. The van der Waals surface area contributed by atoms with Crippen LogP contribution in [-0.2, 0) is 20.8 Å². The molecule has 0 fully saturated rings. The Kier molecular flexibility index (Phi) is 9.22. The average Bonchev–Trinajstić information content (AvgIpc) is 2.72. The van der Waals surface area contributed by atoms with Gasteiger partial charge in [-0.15, -0.1) is 0 Å². The van der Waals surface area contributed by atoms with Gasteiger partial charge in [0.2, 0.25) is 11.8 Å². The molecule has 8 nitrogen and oxygen atoms in total. The molecule has 1 aromatic carbocycles. The minimum atomic E-state index is -5.58. The highest BCUT2D eigenvalue weighted by Crippen LogP contribution is 2.39. The van der Waals surface area contributed by atoms with Crippen LogP contribution in [0.1, 0.15) is 39.2 Å². The van der Waals surface area contributed by atoms with E-state index in [2.05, 4.69) is 10.6 Å². The van der Waals surface area contributed by atoms with E-state index in [1.54, 1.807) is 51.1 Å². The molecule has 0 aliphatic heterocycles. The van der Waals surface area contributed by atoms with E-state index in [1.807, 2.05) is 0 Å². The van der Waals surface area contributed by atoms with Gasteiger partial charge in [-0.2, -0.15) is 13.2 Å². The predicted molar refractivity (Wildman–Crippen MR) is 109 cm³/mol. The smallest absolute Gasteiger partial charge is 0.372 e.